The molecule has 0 spiro atoms. The monoisotopic (exact) mass is 382 g/mol. The summed E-state index contributed by atoms with van der Waals surface area (Å²) in [5.41, 5.74) is 1.12. The van der Waals surface area contributed by atoms with Gasteiger partial charge in [-0.05, 0) is 37.3 Å². The molecule has 3 aromatic heterocycles. The number of rotatable bonds is 2. The zero-order chi connectivity index (χ0) is 17.9. The molecule has 0 amide bonds. The van der Waals surface area contributed by atoms with Crippen molar-refractivity contribution in [2.24, 2.45) is 0 Å². The Morgan fingerprint density at radius 1 is 1.20 bits per heavy atom. The zero-order valence-corrected chi connectivity index (χ0v) is 14.2. The molecule has 4 aromatic rings. The lowest BCUT2D eigenvalue weighted by molar-refractivity contribution is -0.137. The first-order chi connectivity index (χ1) is 11.8. The molecular weight excluding hydrogens is 373 g/mol. The van der Waals surface area contributed by atoms with Crippen LogP contribution in [0.3, 0.4) is 0 Å². The van der Waals surface area contributed by atoms with Crippen LogP contribution in [0.5, 0.6) is 0 Å². The number of aromatic carboxylic acids is 1. The minimum absolute atomic E-state index is 0.165. The standard InChI is InChI=1S/C16H9F3N2O2S2/c1-7-20-12-13-10(6-11(25-13)15(22)23)21(14(12)24-7)9-4-2-8(3-5-9)16(17,18)19/h2-6H,1H3,(H,22,23). The Morgan fingerprint density at radius 2 is 1.88 bits per heavy atom. The van der Waals surface area contributed by atoms with Crippen molar-refractivity contribution >= 4 is 49.2 Å². The summed E-state index contributed by atoms with van der Waals surface area (Å²) in [5, 5.41) is 10.0. The fourth-order valence-corrected chi connectivity index (χ4v) is 4.70. The molecule has 0 aliphatic rings. The maximum atomic E-state index is 12.8. The molecule has 4 rings (SSSR count). The number of aromatic nitrogens is 2. The van der Waals surface area contributed by atoms with Gasteiger partial charge in [0.1, 0.15) is 15.2 Å². The van der Waals surface area contributed by atoms with Crippen molar-refractivity contribution in [3.63, 3.8) is 0 Å². The topological polar surface area (TPSA) is 55.1 Å². The van der Waals surface area contributed by atoms with Gasteiger partial charge in [0.15, 0.2) is 0 Å². The van der Waals surface area contributed by atoms with Crippen LogP contribution in [0.4, 0.5) is 13.2 Å². The number of hydrogen-bond acceptors (Lipinski definition) is 4. The van der Waals surface area contributed by atoms with E-state index in [9.17, 15) is 23.1 Å². The van der Waals surface area contributed by atoms with E-state index in [-0.39, 0.29) is 4.88 Å². The second kappa shape index (κ2) is 5.30. The Labute approximate surface area is 146 Å². The van der Waals surface area contributed by atoms with Crippen LogP contribution in [0, 0.1) is 6.92 Å². The quantitative estimate of drug-likeness (QED) is 0.510. The van der Waals surface area contributed by atoms with Gasteiger partial charge in [-0.15, -0.1) is 22.7 Å². The molecule has 0 unspecified atom stereocenters. The smallest absolute Gasteiger partial charge is 0.416 e. The lowest BCUT2D eigenvalue weighted by atomic mass is 10.2. The lowest BCUT2D eigenvalue weighted by Gasteiger charge is -2.09. The van der Waals surface area contributed by atoms with Crippen LogP contribution < -0.4 is 0 Å². The lowest BCUT2D eigenvalue weighted by Crippen LogP contribution is -2.04. The molecule has 0 saturated carbocycles. The fourth-order valence-electron chi connectivity index (χ4n) is 2.70. The van der Waals surface area contributed by atoms with Crippen LogP contribution in [-0.2, 0) is 6.18 Å². The number of carbonyl (C=O) groups is 1. The normalized spacial score (nSPS) is 12.3. The summed E-state index contributed by atoms with van der Waals surface area (Å²) in [7, 11) is 0. The maximum Gasteiger partial charge on any atom is 0.416 e. The highest BCUT2D eigenvalue weighted by Gasteiger charge is 2.30. The molecule has 1 N–H and O–H groups in total. The first kappa shape index (κ1) is 16.1. The number of aryl methyl sites for hydroxylation is 1. The van der Waals surface area contributed by atoms with E-state index in [2.05, 4.69) is 4.98 Å². The van der Waals surface area contributed by atoms with E-state index in [0.29, 0.717) is 16.7 Å². The van der Waals surface area contributed by atoms with E-state index in [4.69, 9.17) is 0 Å². The van der Waals surface area contributed by atoms with Crippen LogP contribution in [0.15, 0.2) is 30.3 Å². The maximum absolute atomic E-state index is 12.8. The van der Waals surface area contributed by atoms with Crippen LogP contribution in [0.1, 0.15) is 20.2 Å². The highest BCUT2D eigenvalue weighted by Crippen LogP contribution is 2.40. The number of carboxylic acids is 1. The number of halogens is 3. The Balaban J connectivity index is 1.99. The predicted molar refractivity (Wildman–Crippen MR) is 91.0 cm³/mol. The number of fused-ring (bicyclic) bond motifs is 3. The van der Waals surface area contributed by atoms with E-state index in [1.54, 1.807) is 4.57 Å². The molecule has 0 saturated heterocycles. The van der Waals surface area contributed by atoms with Crippen LogP contribution in [0.25, 0.3) is 26.3 Å². The third kappa shape index (κ3) is 2.50. The molecule has 128 valence electrons. The van der Waals surface area contributed by atoms with Gasteiger partial charge < -0.3 is 5.11 Å². The van der Waals surface area contributed by atoms with Crippen molar-refractivity contribution in [1.82, 2.24) is 9.55 Å². The highest BCUT2D eigenvalue weighted by molar-refractivity contribution is 7.23. The largest absolute Gasteiger partial charge is 0.477 e. The van der Waals surface area contributed by atoms with Gasteiger partial charge in [0.05, 0.1) is 20.8 Å². The third-order valence-electron chi connectivity index (χ3n) is 3.75. The molecular formula is C16H9F3N2O2S2. The van der Waals surface area contributed by atoms with E-state index < -0.39 is 17.7 Å². The Hall–Kier alpha value is -2.39. The Kier molecular flexibility index (Phi) is 3.41. The number of benzene rings is 1. The Bertz CT molecular complexity index is 1120. The third-order valence-corrected chi connectivity index (χ3v) is 5.83. The number of thiophene rings is 1. The molecule has 1 aromatic carbocycles. The molecule has 25 heavy (non-hydrogen) atoms. The predicted octanol–water partition coefficient (Wildman–Crippen LogP) is 5.33. The molecule has 3 heterocycles. The molecule has 0 atom stereocenters. The van der Waals surface area contributed by atoms with Gasteiger partial charge >= 0.3 is 12.1 Å². The van der Waals surface area contributed by atoms with E-state index in [0.717, 1.165) is 38.0 Å². The van der Waals surface area contributed by atoms with Crippen molar-refractivity contribution in [1.29, 1.82) is 0 Å². The van der Waals surface area contributed by atoms with Gasteiger partial charge in [0.25, 0.3) is 0 Å². The first-order valence-corrected chi connectivity index (χ1v) is 8.71. The van der Waals surface area contributed by atoms with Gasteiger partial charge in [0, 0.05) is 5.69 Å². The SMILES string of the molecule is Cc1nc2c3sc(C(=O)O)cc3n(-c3ccc(C(F)(F)F)cc3)c2s1. The minimum atomic E-state index is -4.40. The van der Waals surface area contributed by atoms with Crippen LogP contribution >= 0.6 is 22.7 Å². The minimum Gasteiger partial charge on any atom is -0.477 e. The summed E-state index contributed by atoms with van der Waals surface area (Å²) in [6.45, 7) is 1.83. The van der Waals surface area contributed by atoms with Crippen molar-refractivity contribution in [3.8, 4) is 5.69 Å². The summed E-state index contributed by atoms with van der Waals surface area (Å²) in [5.74, 6) is -1.04. The van der Waals surface area contributed by atoms with Gasteiger partial charge in [-0.1, -0.05) is 0 Å². The molecule has 9 heteroatoms. The number of carboxylic acid groups (broad SMARTS) is 1. The summed E-state index contributed by atoms with van der Waals surface area (Å²) in [6, 6.07) is 6.34. The molecule has 4 nitrogen and oxygen atoms in total. The van der Waals surface area contributed by atoms with Gasteiger partial charge in [-0.3, -0.25) is 4.57 Å². The average Bonchev–Trinajstić information content (AvgIpc) is 3.16. The number of thiazole rings is 1. The van der Waals surface area contributed by atoms with E-state index >= 15 is 0 Å². The fraction of sp³-hybridized carbons (Fsp3) is 0.125. The summed E-state index contributed by atoms with van der Waals surface area (Å²) >= 11 is 2.53. The van der Waals surface area contributed by atoms with Crippen molar-refractivity contribution < 1.29 is 23.1 Å². The zero-order valence-electron chi connectivity index (χ0n) is 12.6. The van der Waals surface area contributed by atoms with Crippen LogP contribution in [-0.4, -0.2) is 20.6 Å². The highest BCUT2D eigenvalue weighted by atomic mass is 32.1. The molecule has 0 fully saturated rings. The average molecular weight is 382 g/mol. The molecule has 0 aliphatic heterocycles. The van der Waals surface area contributed by atoms with Crippen molar-refractivity contribution in [3.05, 3.63) is 45.8 Å². The van der Waals surface area contributed by atoms with Crippen molar-refractivity contribution in [2.45, 2.75) is 13.1 Å². The summed E-state index contributed by atoms with van der Waals surface area (Å²) in [6.07, 6.45) is -4.40. The number of nitrogens with zero attached hydrogens (tertiary/aromatic N) is 2. The summed E-state index contributed by atoms with van der Waals surface area (Å²) in [4.78, 5) is 16.7. The second-order valence-electron chi connectivity index (χ2n) is 5.40. The molecule has 0 aliphatic carbocycles. The van der Waals surface area contributed by atoms with Gasteiger partial charge in [0.2, 0.25) is 0 Å². The second-order valence-corrected chi connectivity index (χ2v) is 7.63. The summed E-state index contributed by atoms with van der Waals surface area (Å²) < 4.78 is 40.8. The number of alkyl halides is 3. The van der Waals surface area contributed by atoms with E-state index in [1.165, 1.54) is 29.5 Å². The Morgan fingerprint density at radius 3 is 2.48 bits per heavy atom. The molecule has 0 bridgehead atoms. The van der Waals surface area contributed by atoms with E-state index in [1.807, 2.05) is 6.92 Å². The number of hydrogen-bond donors (Lipinski definition) is 1. The molecule has 0 radical (unpaired) electrons. The van der Waals surface area contributed by atoms with Crippen molar-refractivity contribution in [2.75, 3.05) is 0 Å². The van der Waals surface area contributed by atoms with Gasteiger partial charge in [-0.25, -0.2) is 9.78 Å². The van der Waals surface area contributed by atoms with Crippen LogP contribution in [0.2, 0.25) is 0 Å². The van der Waals surface area contributed by atoms with Gasteiger partial charge in [-0.2, -0.15) is 13.2 Å². The first-order valence-electron chi connectivity index (χ1n) is 7.08.